The Morgan fingerprint density at radius 3 is 2.90 bits per heavy atom. The summed E-state index contributed by atoms with van der Waals surface area (Å²) in [5.74, 6) is 0.752. The van der Waals surface area contributed by atoms with Crippen LogP contribution in [-0.4, -0.2) is 56.1 Å². The number of hydrogen-bond acceptors (Lipinski definition) is 6. The maximum absolute atomic E-state index is 12.7. The van der Waals surface area contributed by atoms with E-state index in [1.807, 2.05) is 25.4 Å². The van der Waals surface area contributed by atoms with E-state index in [9.17, 15) is 9.90 Å². The number of aromatic nitrogens is 3. The first-order valence-electron chi connectivity index (χ1n) is 10.1. The molecule has 0 radical (unpaired) electrons. The van der Waals surface area contributed by atoms with Gasteiger partial charge in [0.15, 0.2) is 0 Å². The fourth-order valence-corrected chi connectivity index (χ4v) is 4.86. The van der Waals surface area contributed by atoms with Crippen LogP contribution < -0.4 is 5.32 Å². The SMILES string of the molecule is Cn1cc(CN2C[C@H]3C[C@H](O)[C@@H](NC(=O)c4ccc5ccoc5c4)C[C@H]3C2)nn1. The lowest BCUT2D eigenvalue weighted by molar-refractivity contribution is 0.0461. The van der Waals surface area contributed by atoms with Gasteiger partial charge in [-0.25, -0.2) is 0 Å². The number of benzene rings is 1. The molecular weight excluding hydrogens is 370 g/mol. The highest BCUT2D eigenvalue weighted by molar-refractivity contribution is 5.97. The second kappa shape index (κ2) is 7.27. The van der Waals surface area contributed by atoms with Gasteiger partial charge in [0.05, 0.1) is 24.1 Å². The lowest BCUT2D eigenvalue weighted by Crippen LogP contribution is -2.49. The zero-order valence-corrected chi connectivity index (χ0v) is 16.4. The van der Waals surface area contributed by atoms with Crippen molar-refractivity contribution in [3.05, 3.63) is 48.0 Å². The van der Waals surface area contributed by atoms with Gasteiger partial charge in [-0.1, -0.05) is 11.3 Å². The maximum Gasteiger partial charge on any atom is 0.251 e. The standard InChI is InChI=1S/C21H25N5O3/c1-25-11-17(23-24-25)12-26-9-15-6-18(19(27)7-16(15)10-26)22-21(28)14-3-2-13-4-5-29-20(13)8-14/h2-5,8,11,15-16,18-19,27H,6-7,9-10,12H2,1H3,(H,22,28)/t15-,16+,18-,19-/m0/s1. The number of carbonyl (C=O) groups excluding carboxylic acids is 1. The van der Waals surface area contributed by atoms with Gasteiger partial charge in [0.25, 0.3) is 5.91 Å². The highest BCUT2D eigenvalue weighted by Crippen LogP contribution is 2.37. The van der Waals surface area contributed by atoms with Crippen molar-refractivity contribution in [3.63, 3.8) is 0 Å². The number of hydrogen-bond donors (Lipinski definition) is 2. The third-order valence-corrected chi connectivity index (χ3v) is 6.29. The van der Waals surface area contributed by atoms with Gasteiger partial charge in [0.1, 0.15) is 5.58 Å². The molecule has 1 saturated heterocycles. The maximum atomic E-state index is 12.7. The number of aliphatic hydroxyl groups excluding tert-OH is 1. The van der Waals surface area contributed by atoms with Crippen molar-refractivity contribution in [1.29, 1.82) is 0 Å². The Labute approximate surface area is 168 Å². The molecular formula is C21H25N5O3. The van der Waals surface area contributed by atoms with Crippen LogP contribution in [0.5, 0.6) is 0 Å². The summed E-state index contributed by atoms with van der Waals surface area (Å²) in [5.41, 5.74) is 2.21. The monoisotopic (exact) mass is 395 g/mol. The number of nitrogens with zero attached hydrogens (tertiary/aromatic N) is 4. The molecule has 1 aliphatic carbocycles. The first kappa shape index (κ1) is 18.3. The lowest BCUT2D eigenvalue weighted by atomic mass is 9.77. The molecule has 2 aromatic heterocycles. The quantitative estimate of drug-likeness (QED) is 0.696. The molecule has 8 heteroatoms. The van der Waals surface area contributed by atoms with Gasteiger partial charge in [-0.3, -0.25) is 14.4 Å². The van der Waals surface area contributed by atoms with Crippen molar-refractivity contribution in [2.24, 2.45) is 18.9 Å². The average molecular weight is 395 g/mol. The van der Waals surface area contributed by atoms with Crippen LogP contribution in [0.3, 0.4) is 0 Å². The fourth-order valence-electron chi connectivity index (χ4n) is 4.86. The van der Waals surface area contributed by atoms with Gasteiger partial charge >= 0.3 is 0 Å². The largest absolute Gasteiger partial charge is 0.464 e. The molecule has 8 nitrogen and oxygen atoms in total. The van der Waals surface area contributed by atoms with Crippen molar-refractivity contribution < 1.29 is 14.3 Å². The number of fused-ring (bicyclic) bond motifs is 2. The molecule has 1 aliphatic heterocycles. The summed E-state index contributed by atoms with van der Waals surface area (Å²) in [4.78, 5) is 15.1. The van der Waals surface area contributed by atoms with Crippen LogP contribution in [0.2, 0.25) is 0 Å². The summed E-state index contributed by atoms with van der Waals surface area (Å²) in [5, 5.41) is 22.8. The number of aryl methyl sites for hydroxylation is 1. The Kier molecular flexibility index (Phi) is 4.60. The van der Waals surface area contributed by atoms with Crippen LogP contribution in [0.25, 0.3) is 11.0 Å². The van der Waals surface area contributed by atoms with Crippen LogP contribution in [0.15, 0.2) is 41.1 Å². The fraction of sp³-hybridized carbons (Fsp3) is 0.476. The zero-order chi connectivity index (χ0) is 20.0. The van der Waals surface area contributed by atoms with E-state index in [0.717, 1.165) is 37.1 Å². The number of carbonyl (C=O) groups is 1. The number of aliphatic hydroxyl groups is 1. The minimum Gasteiger partial charge on any atom is -0.464 e. The minimum absolute atomic E-state index is 0.166. The molecule has 0 bridgehead atoms. The van der Waals surface area contributed by atoms with Crippen molar-refractivity contribution in [2.45, 2.75) is 31.5 Å². The van der Waals surface area contributed by atoms with E-state index in [2.05, 4.69) is 20.5 Å². The first-order chi connectivity index (χ1) is 14.0. The van der Waals surface area contributed by atoms with Gasteiger partial charge < -0.3 is 14.8 Å². The van der Waals surface area contributed by atoms with E-state index < -0.39 is 6.10 Å². The topological polar surface area (TPSA) is 96.4 Å². The predicted molar refractivity (Wildman–Crippen MR) is 106 cm³/mol. The van der Waals surface area contributed by atoms with Crippen LogP contribution in [0, 0.1) is 11.8 Å². The molecule has 3 heterocycles. The molecule has 2 aliphatic rings. The zero-order valence-electron chi connectivity index (χ0n) is 16.4. The Morgan fingerprint density at radius 1 is 1.28 bits per heavy atom. The predicted octanol–water partition coefficient (Wildman–Crippen LogP) is 1.56. The summed E-state index contributed by atoms with van der Waals surface area (Å²) in [7, 11) is 1.87. The van der Waals surface area contributed by atoms with Gasteiger partial charge in [-0.2, -0.15) is 0 Å². The molecule has 3 aromatic rings. The Morgan fingerprint density at radius 2 is 2.10 bits per heavy atom. The molecule has 4 atom stereocenters. The van der Waals surface area contributed by atoms with E-state index in [1.165, 1.54) is 0 Å². The Hall–Kier alpha value is -2.71. The number of likely N-dealkylation sites (tertiary alicyclic amines) is 1. The second-order valence-corrected chi connectivity index (χ2v) is 8.39. The molecule has 152 valence electrons. The average Bonchev–Trinajstić information content (AvgIpc) is 3.41. The van der Waals surface area contributed by atoms with Crippen molar-refractivity contribution >= 4 is 16.9 Å². The molecule has 1 saturated carbocycles. The third-order valence-electron chi connectivity index (χ3n) is 6.29. The Bertz CT molecular complexity index is 1030. The minimum atomic E-state index is -0.524. The molecule has 1 amide bonds. The number of amides is 1. The van der Waals surface area contributed by atoms with Crippen molar-refractivity contribution in [3.8, 4) is 0 Å². The molecule has 2 fully saturated rings. The summed E-state index contributed by atoms with van der Waals surface area (Å²) >= 11 is 0. The highest BCUT2D eigenvalue weighted by Gasteiger charge is 2.42. The van der Waals surface area contributed by atoms with Crippen LogP contribution in [0.1, 0.15) is 28.9 Å². The number of furan rings is 1. The van der Waals surface area contributed by atoms with Crippen molar-refractivity contribution in [1.82, 2.24) is 25.2 Å². The first-order valence-corrected chi connectivity index (χ1v) is 10.1. The molecule has 2 N–H and O–H groups in total. The van der Waals surface area contributed by atoms with E-state index in [4.69, 9.17) is 4.42 Å². The smallest absolute Gasteiger partial charge is 0.251 e. The van der Waals surface area contributed by atoms with Crippen LogP contribution >= 0.6 is 0 Å². The van der Waals surface area contributed by atoms with E-state index in [1.54, 1.807) is 23.1 Å². The summed E-state index contributed by atoms with van der Waals surface area (Å²) in [6.07, 6.45) is 4.53. The van der Waals surface area contributed by atoms with Gasteiger partial charge in [0, 0.05) is 43.8 Å². The molecule has 29 heavy (non-hydrogen) atoms. The number of nitrogens with one attached hydrogen (secondary N) is 1. The molecule has 0 spiro atoms. The van der Waals surface area contributed by atoms with Gasteiger partial charge in [0.2, 0.25) is 0 Å². The molecule has 0 unspecified atom stereocenters. The van der Waals surface area contributed by atoms with Crippen LogP contribution in [0.4, 0.5) is 0 Å². The third kappa shape index (κ3) is 3.65. The second-order valence-electron chi connectivity index (χ2n) is 8.39. The summed E-state index contributed by atoms with van der Waals surface area (Å²) in [6.45, 7) is 2.68. The summed E-state index contributed by atoms with van der Waals surface area (Å²) in [6, 6.07) is 7.06. The van der Waals surface area contributed by atoms with Crippen LogP contribution in [-0.2, 0) is 13.6 Å². The summed E-state index contributed by atoms with van der Waals surface area (Å²) < 4.78 is 7.11. The lowest BCUT2D eigenvalue weighted by Gasteiger charge is -2.35. The van der Waals surface area contributed by atoms with Crippen molar-refractivity contribution in [2.75, 3.05) is 13.1 Å². The highest BCUT2D eigenvalue weighted by atomic mass is 16.3. The normalized spacial score (nSPS) is 27.2. The van der Waals surface area contributed by atoms with E-state index in [0.29, 0.717) is 29.4 Å². The van der Waals surface area contributed by atoms with Gasteiger partial charge in [-0.15, -0.1) is 5.10 Å². The van der Waals surface area contributed by atoms with E-state index >= 15 is 0 Å². The van der Waals surface area contributed by atoms with E-state index in [-0.39, 0.29) is 11.9 Å². The van der Waals surface area contributed by atoms with Gasteiger partial charge in [-0.05, 0) is 42.9 Å². The Balaban J connectivity index is 1.22. The molecule has 5 rings (SSSR count). The molecule has 1 aromatic carbocycles. The number of rotatable bonds is 4.